The molecule has 3 aromatic rings. The van der Waals surface area contributed by atoms with Gasteiger partial charge in [0.2, 0.25) is 0 Å². The van der Waals surface area contributed by atoms with Gasteiger partial charge in [-0.1, -0.05) is 38.0 Å². The third-order valence-electron chi connectivity index (χ3n) is 4.72. The highest BCUT2D eigenvalue weighted by Gasteiger charge is 2.24. The van der Waals surface area contributed by atoms with Gasteiger partial charge in [0.05, 0.1) is 23.0 Å². The van der Waals surface area contributed by atoms with Crippen LogP contribution < -0.4 is 0 Å². The van der Waals surface area contributed by atoms with Gasteiger partial charge in [0.1, 0.15) is 6.33 Å². The molecule has 1 fully saturated rings. The highest BCUT2D eigenvalue weighted by molar-refractivity contribution is 5.79. The molecule has 0 radical (unpaired) electrons. The Bertz CT molecular complexity index is 778. The summed E-state index contributed by atoms with van der Waals surface area (Å²) in [5.41, 5.74) is 3.13. The average Bonchev–Trinajstić information content (AvgIpc) is 2.99. The quantitative estimate of drug-likeness (QED) is 0.714. The van der Waals surface area contributed by atoms with Crippen molar-refractivity contribution in [1.29, 1.82) is 0 Å². The normalized spacial score (nSPS) is 22.0. The third kappa shape index (κ3) is 2.28. The molecule has 0 saturated heterocycles. The number of aromatic nitrogens is 4. The van der Waals surface area contributed by atoms with Gasteiger partial charge in [0.25, 0.3) is 0 Å². The van der Waals surface area contributed by atoms with E-state index in [2.05, 4.69) is 34.1 Å². The number of hydrogen-bond donors (Lipinski definition) is 0. The van der Waals surface area contributed by atoms with Crippen molar-refractivity contribution in [2.45, 2.75) is 38.5 Å². The second-order valence-corrected chi connectivity index (χ2v) is 6.36. The molecule has 1 aliphatic rings. The van der Waals surface area contributed by atoms with Crippen LogP contribution in [-0.4, -0.2) is 19.7 Å². The largest absolute Gasteiger partial charge is 0.240 e. The summed E-state index contributed by atoms with van der Waals surface area (Å²) >= 11 is 0. The molecule has 0 amide bonds. The summed E-state index contributed by atoms with van der Waals surface area (Å²) in [5.74, 6) is 1.33. The maximum Gasteiger partial charge on any atom is 0.166 e. The predicted molar refractivity (Wildman–Crippen MR) is 87.0 cm³/mol. The van der Waals surface area contributed by atoms with Crippen molar-refractivity contribution >= 4 is 11.0 Å². The van der Waals surface area contributed by atoms with E-state index in [-0.39, 0.29) is 0 Å². The first kappa shape index (κ1) is 13.4. The van der Waals surface area contributed by atoms with Gasteiger partial charge in [-0.15, -0.1) is 0 Å². The Labute approximate surface area is 130 Å². The van der Waals surface area contributed by atoms with Crippen LogP contribution in [-0.2, 0) is 0 Å². The molecule has 1 aromatic carbocycles. The molecule has 0 unspecified atom stereocenters. The van der Waals surface area contributed by atoms with Crippen LogP contribution in [0.3, 0.4) is 0 Å². The molecule has 4 heteroatoms. The Kier molecular flexibility index (Phi) is 3.37. The van der Waals surface area contributed by atoms with E-state index in [0.29, 0.717) is 5.92 Å². The molecular formula is C18H20N4. The van der Waals surface area contributed by atoms with E-state index >= 15 is 0 Å². The minimum atomic E-state index is 0.544. The summed E-state index contributed by atoms with van der Waals surface area (Å²) in [7, 11) is 0. The minimum Gasteiger partial charge on any atom is -0.240 e. The zero-order valence-corrected chi connectivity index (χ0v) is 12.8. The lowest BCUT2D eigenvalue weighted by Gasteiger charge is -2.26. The first-order valence-electron chi connectivity index (χ1n) is 8.07. The predicted octanol–water partition coefficient (Wildman–Crippen LogP) is 4.11. The van der Waals surface area contributed by atoms with Gasteiger partial charge < -0.3 is 0 Å². The summed E-state index contributed by atoms with van der Waals surface area (Å²) in [4.78, 5) is 9.09. The van der Waals surface area contributed by atoms with Crippen molar-refractivity contribution in [1.82, 2.24) is 19.7 Å². The van der Waals surface area contributed by atoms with Gasteiger partial charge in [-0.25, -0.2) is 14.6 Å². The topological polar surface area (TPSA) is 43.6 Å². The zero-order valence-electron chi connectivity index (χ0n) is 12.8. The van der Waals surface area contributed by atoms with Crippen LogP contribution >= 0.6 is 0 Å². The van der Waals surface area contributed by atoms with Crippen LogP contribution in [0.1, 0.15) is 44.2 Å². The fourth-order valence-corrected chi connectivity index (χ4v) is 3.63. The van der Waals surface area contributed by atoms with Crippen molar-refractivity contribution in [3.63, 3.8) is 0 Å². The molecule has 0 N–H and O–H groups in total. The van der Waals surface area contributed by atoms with E-state index in [1.165, 1.54) is 31.4 Å². The Hall–Kier alpha value is -2.23. The van der Waals surface area contributed by atoms with Gasteiger partial charge >= 0.3 is 0 Å². The molecule has 1 aliphatic carbocycles. The number of benzene rings is 1. The van der Waals surface area contributed by atoms with Crippen molar-refractivity contribution < 1.29 is 0 Å². The van der Waals surface area contributed by atoms with Crippen LogP contribution in [0.5, 0.6) is 0 Å². The monoisotopic (exact) mass is 292 g/mol. The fourth-order valence-electron chi connectivity index (χ4n) is 3.63. The second-order valence-electron chi connectivity index (χ2n) is 6.36. The molecule has 0 bridgehead atoms. The van der Waals surface area contributed by atoms with E-state index in [1.807, 2.05) is 29.1 Å². The van der Waals surface area contributed by atoms with Gasteiger partial charge in [-0.05, 0) is 30.9 Å². The van der Waals surface area contributed by atoms with Crippen LogP contribution in [0.25, 0.3) is 16.7 Å². The number of nitrogens with zero attached hydrogens (tertiary/aromatic N) is 4. The lowest BCUT2D eigenvalue weighted by molar-refractivity contribution is 0.341. The van der Waals surface area contributed by atoms with Crippen LogP contribution in [0.4, 0.5) is 0 Å². The summed E-state index contributed by atoms with van der Waals surface area (Å²) < 4.78 is 1.91. The molecule has 4 nitrogen and oxygen atoms in total. The number of fused-ring (bicyclic) bond motifs is 1. The Morgan fingerprint density at radius 1 is 1.09 bits per heavy atom. The smallest absolute Gasteiger partial charge is 0.166 e. The Balaban J connectivity index is 1.80. The molecule has 4 rings (SSSR count). The van der Waals surface area contributed by atoms with E-state index < -0.39 is 0 Å². The maximum atomic E-state index is 4.61. The summed E-state index contributed by atoms with van der Waals surface area (Å²) in [5, 5.41) is 5.66. The molecule has 2 aromatic heterocycles. The Morgan fingerprint density at radius 3 is 2.77 bits per heavy atom. The molecule has 112 valence electrons. The van der Waals surface area contributed by atoms with Gasteiger partial charge in [-0.3, -0.25) is 0 Å². The highest BCUT2D eigenvalue weighted by Crippen LogP contribution is 2.37. The lowest BCUT2D eigenvalue weighted by atomic mass is 9.80. The molecule has 0 spiro atoms. The van der Waals surface area contributed by atoms with Crippen molar-refractivity contribution in [2.75, 3.05) is 0 Å². The fraction of sp³-hybridized carbons (Fsp3) is 0.389. The van der Waals surface area contributed by atoms with Crippen molar-refractivity contribution in [3.05, 3.63) is 48.5 Å². The van der Waals surface area contributed by atoms with Crippen LogP contribution in [0.2, 0.25) is 0 Å². The first-order chi connectivity index (χ1) is 10.8. The van der Waals surface area contributed by atoms with Crippen molar-refractivity contribution in [2.24, 2.45) is 5.92 Å². The number of para-hydroxylation sites is 1. The summed E-state index contributed by atoms with van der Waals surface area (Å²) in [6.07, 6.45) is 8.71. The summed E-state index contributed by atoms with van der Waals surface area (Å²) in [6, 6.07) is 10.2. The molecule has 1 saturated carbocycles. The minimum absolute atomic E-state index is 0.544. The van der Waals surface area contributed by atoms with Crippen LogP contribution in [0.15, 0.2) is 42.9 Å². The molecule has 2 heterocycles. The molecular weight excluding hydrogens is 272 g/mol. The van der Waals surface area contributed by atoms with Crippen LogP contribution in [0, 0.1) is 5.92 Å². The van der Waals surface area contributed by atoms with E-state index in [9.17, 15) is 0 Å². The average molecular weight is 292 g/mol. The van der Waals surface area contributed by atoms with Gasteiger partial charge in [-0.2, -0.15) is 5.10 Å². The SMILES string of the molecule is C[C@H]1CCC[C@@H](c2ncnc3c2cnn3-c2ccccc2)C1. The summed E-state index contributed by atoms with van der Waals surface area (Å²) in [6.45, 7) is 2.35. The van der Waals surface area contributed by atoms with Gasteiger partial charge in [0, 0.05) is 5.92 Å². The molecule has 22 heavy (non-hydrogen) atoms. The third-order valence-corrected chi connectivity index (χ3v) is 4.72. The molecule has 0 aliphatic heterocycles. The van der Waals surface area contributed by atoms with E-state index in [0.717, 1.165) is 22.6 Å². The van der Waals surface area contributed by atoms with Gasteiger partial charge in [0.15, 0.2) is 5.65 Å². The number of hydrogen-bond acceptors (Lipinski definition) is 3. The highest BCUT2D eigenvalue weighted by atomic mass is 15.3. The van der Waals surface area contributed by atoms with Crippen molar-refractivity contribution in [3.8, 4) is 5.69 Å². The standard InChI is InChI=1S/C18H20N4/c1-13-6-5-7-14(10-13)17-16-11-21-22(18(16)20-12-19-17)15-8-3-2-4-9-15/h2-4,8-9,11-14H,5-7,10H2,1H3/t13-,14+/m0/s1. The maximum absolute atomic E-state index is 4.61. The second kappa shape index (κ2) is 5.52. The van der Waals surface area contributed by atoms with E-state index in [1.54, 1.807) is 6.33 Å². The number of rotatable bonds is 2. The van der Waals surface area contributed by atoms with E-state index in [4.69, 9.17) is 0 Å². The lowest BCUT2D eigenvalue weighted by Crippen LogP contribution is -2.13. The zero-order chi connectivity index (χ0) is 14.9. The first-order valence-corrected chi connectivity index (χ1v) is 8.07. The Morgan fingerprint density at radius 2 is 1.95 bits per heavy atom. The molecule has 2 atom stereocenters.